The molecule has 1 aliphatic rings. The molecule has 0 spiro atoms. The van der Waals surface area contributed by atoms with E-state index in [4.69, 9.17) is 5.73 Å². The summed E-state index contributed by atoms with van der Waals surface area (Å²) in [6.07, 6.45) is 8.16. The summed E-state index contributed by atoms with van der Waals surface area (Å²) in [7, 11) is 0. The molecule has 2 heterocycles. The molecule has 1 aliphatic carbocycles. The number of aromatic amines is 1. The average Bonchev–Trinajstić information content (AvgIpc) is 2.90. The van der Waals surface area contributed by atoms with Crippen molar-refractivity contribution in [3.05, 3.63) is 36.4 Å². The van der Waals surface area contributed by atoms with Gasteiger partial charge in [-0.25, -0.2) is 4.98 Å². The van der Waals surface area contributed by atoms with Gasteiger partial charge in [0, 0.05) is 18.2 Å². The monoisotopic (exact) mass is 242 g/mol. The first-order chi connectivity index (χ1) is 8.83. The second kappa shape index (κ2) is 4.90. The lowest BCUT2D eigenvalue weighted by Crippen LogP contribution is -2.26. The third-order valence-corrected chi connectivity index (χ3v) is 3.69. The molecule has 0 unspecified atom stereocenters. The van der Waals surface area contributed by atoms with E-state index in [2.05, 4.69) is 15.0 Å². The number of aromatic nitrogens is 3. The highest BCUT2D eigenvalue weighted by Gasteiger charge is 2.22. The molecule has 1 fully saturated rings. The first-order valence-corrected chi connectivity index (χ1v) is 6.55. The van der Waals surface area contributed by atoms with Gasteiger partial charge in [-0.05, 0) is 37.8 Å². The van der Waals surface area contributed by atoms with Crippen LogP contribution in [0.25, 0.3) is 11.4 Å². The van der Waals surface area contributed by atoms with Crippen molar-refractivity contribution in [3.8, 4) is 11.4 Å². The number of nitrogens with zero attached hydrogens (tertiary/aromatic N) is 2. The van der Waals surface area contributed by atoms with E-state index in [0.29, 0.717) is 12.0 Å². The molecular formula is C14H18N4. The summed E-state index contributed by atoms with van der Waals surface area (Å²) in [4.78, 5) is 12.2. The number of pyridine rings is 1. The Labute approximate surface area is 107 Å². The number of hydrogen-bond acceptors (Lipinski definition) is 3. The SMILES string of the molecule is NC1CCC(c2ncc(-c3ccccn3)[nH]2)CC1. The second-order valence-corrected chi connectivity index (χ2v) is 5.01. The van der Waals surface area contributed by atoms with E-state index in [-0.39, 0.29) is 0 Å². The Hall–Kier alpha value is -1.68. The van der Waals surface area contributed by atoms with Crippen LogP contribution in [0.3, 0.4) is 0 Å². The molecule has 1 saturated carbocycles. The standard InChI is InChI=1S/C14H18N4/c15-11-6-4-10(5-7-11)14-17-9-13(18-14)12-3-1-2-8-16-12/h1-3,8-11H,4-7,15H2,(H,17,18). The van der Waals surface area contributed by atoms with Crippen molar-refractivity contribution in [2.24, 2.45) is 5.73 Å². The van der Waals surface area contributed by atoms with E-state index in [9.17, 15) is 0 Å². The fourth-order valence-electron chi connectivity index (χ4n) is 2.59. The summed E-state index contributed by atoms with van der Waals surface area (Å²) in [5.74, 6) is 1.62. The molecule has 0 amide bonds. The normalized spacial score (nSPS) is 24.1. The fraction of sp³-hybridized carbons (Fsp3) is 0.429. The Kier molecular flexibility index (Phi) is 3.11. The minimum Gasteiger partial charge on any atom is -0.341 e. The Bertz CT molecular complexity index is 498. The maximum Gasteiger partial charge on any atom is 0.109 e. The number of hydrogen-bond donors (Lipinski definition) is 2. The summed E-state index contributed by atoms with van der Waals surface area (Å²) in [5.41, 5.74) is 7.88. The number of nitrogens with one attached hydrogen (secondary N) is 1. The number of nitrogens with two attached hydrogens (primary N) is 1. The molecule has 0 radical (unpaired) electrons. The van der Waals surface area contributed by atoms with Gasteiger partial charge in [0.1, 0.15) is 5.82 Å². The van der Waals surface area contributed by atoms with Crippen molar-refractivity contribution in [2.75, 3.05) is 0 Å². The van der Waals surface area contributed by atoms with Gasteiger partial charge in [-0.3, -0.25) is 4.98 Å². The molecule has 94 valence electrons. The van der Waals surface area contributed by atoms with Crippen molar-refractivity contribution < 1.29 is 0 Å². The van der Waals surface area contributed by atoms with Crippen LogP contribution >= 0.6 is 0 Å². The van der Waals surface area contributed by atoms with Crippen LogP contribution in [-0.2, 0) is 0 Å². The van der Waals surface area contributed by atoms with E-state index in [1.54, 1.807) is 6.20 Å². The van der Waals surface area contributed by atoms with E-state index < -0.39 is 0 Å². The number of imidazole rings is 1. The molecule has 4 heteroatoms. The molecule has 3 rings (SSSR count). The van der Waals surface area contributed by atoms with Crippen molar-refractivity contribution >= 4 is 0 Å². The van der Waals surface area contributed by atoms with Crippen LogP contribution in [0.1, 0.15) is 37.4 Å². The molecule has 3 N–H and O–H groups in total. The molecule has 0 bridgehead atoms. The van der Waals surface area contributed by atoms with Gasteiger partial charge in [-0.15, -0.1) is 0 Å². The van der Waals surface area contributed by atoms with Gasteiger partial charge in [0.25, 0.3) is 0 Å². The molecular weight excluding hydrogens is 224 g/mol. The predicted molar refractivity (Wildman–Crippen MR) is 71.0 cm³/mol. The van der Waals surface area contributed by atoms with E-state index in [1.165, 1.54) is 0 Å². The van der Waals surface area contributed by atoms with Gasteiger partial charge in [-0.1, -0.05) is 6.07 Å². The van der Waals surface area contributed by atoms with Crippen LogP contribution in [-0.4, -0.2) is 21.0 Å². The van der Waals surface area contributed by atoms with Crippen LogP contribution in [0.2, 0.25) is 0 Å². The molecule has 4 nitrogen and oxygen atoms in total. The van der Waals surface area contributed by atoms with Gasteiger partial charge in [-0.2, -0.15) is 0 Å². The summed E-state index contributed by atoms with van der Waals surface area (Å²) in [5, 5.41) is 0. The molecule has 2 aromatic heterocycles. The van der Waals surface area contributed by atoms with Crippen LogP contribution in [0.15, 0.2) is 30.6 Å². The molecule has 0 saturated heterocycles. The number of rotatable bonds is 2. The lowest BCUT2D eigenvalue weighted by Gasteiger charge is -2.24. The quantitative estimate of drug-likeness (QED) is 0.850. The lowest BCUT2D eigenvalue weighted by atomic mass is 9.86. The predicted octanol–water partition coefficient (Wildman–Crippen LogP) is 2.46. The summed E-state index contributed by atoms with van der Waals surface area (Å²) in [6.45, 7) is 0. The third-order valence-electron chi connectivity index (χ3n) is 3.69. The molecule has 18 heavy (non-hydrogen) atoms. The van der Waals surface area contributed by atoms with Crippen molar-refractivity contribution in [1.82, 2.24) is 15.0 Å². The third kappa shape index (κ3) is 2.29. The zero-order chi connectivity index (χ0) is 12.4. The Balaban J connectivity index is 1.78. The zero-order valence-electron chi connectivity index (χ0n) is 10.3. The maximum absolute atomic E-state index is 5.93. The highest BCUT2D eigenvalue weighted by atomic mass is 14.9. The van der Waals surface area contributed by atoms with Gasteiger partial charge in [0.05, 0.1) is 17.6 Å². The van der Waals surface area contributed by atoms with Crippen LogP contribution in [0.4, 0.5) is 0 Å². The summed E-state index contributed by atoms with van der Waals surface area (Å²) in [6, 6.07) is 6.28. The van der Waals surface area contributed by atoms with Gasteiger partial charge in [0.2, 0.25) is 0 Å². The Morgan fingerprint density at radius 1 is 1.11 bits per heavy atom. The number of H-pyrrole nitrogens is 1. The minimum atomic E-state index is 0.381. The smallest absolute Gasteiger partial charge is 0.109 e. The molecule has 0 atom stereocenters. The van der Waals surface area contributed by atoms with Crippen LogP contribution < -0.4 is 5.73 Å². The van der Waals surface area contributed by atoms with E-state index in [0.717, 1.165) is 42.9 Å². The molecule has 0 aromatic carbocycles. The first kappa shape index (κ1) is 11.4. The molecule has 2 aromatic rings. The van der Waals surface area contributed by atoms with Crippen molar-refractivity contribution in [3.63, 3.8) is 0 Å². The second-order valence-electron chi connectivity index (χ2n) is 5.01. The van der Waals surface area contributed by atoms with Gasteiger partial charge in [0.15, 0.2) is 0 Å². The Morgan fingerprint density at radius 3 is 2.67 bits per heavy atom. The lowest BCUT2D eigenvalue weighted by molar-refractivity contribution is 0.386. The molecule has 0 aliphatic heterocycles. The first-order valence-electron chi connectivity index (χ1n) is 6.55. The average molecular weight is 242 g/mol. The van der Waals surface area contributed by atoms with Gasteiger partial charge < -0.3 is 10.7 Å². The topological polar surface area (TPSA) is 67.6 Å². The van der Waals surface area contributed by atoms with Crippen molar-refractivity contribution in [1.29, 1.82) is 0 Å². The van der Waals surface area contributed by atoms with Crippen LogP contribution in [0, 0.1) is 0 Å². The zero-order valence-corrected chi connectivity index (χ0v) is 10.3. The largest absolute Gasteiger partial charge is 0.341 e. The van der Waals surface area contributed by atoms with Crippen LogP contribution in [0.5, 0.6) is 0 Å². The Morgan fingerprint density at radius 2 is 1.94 bits per heavy atom. The highest BCUT2D eigenvalue weighted by Crippen LogP contribution is 2.31. The summed E-state index contributed by atoms with van der Waals surface area (Å²) >= 11 is 0. The van der Waals surface area contributed by atoms with Crippen molar-refractivity contribution in [2.45, 2.75) is 37.6 Å². The maximum atomic E-state index is 5.93. The highest BCUT2D eigenvalue weighted by molar-refractivity contribution is 5.52. The summed E-state index contributed by atoms with van der Waals surface area (Å²) < 4.78 is 0. The van der Waals surface area contributed by atoms with Gasteiger partial charge >= 0.3 is 0 Å². The fourth-order valence-corrected chi connectivity index (χ4v) is 2.59. The van der Waals surface area contributed by atoms with E-state index >= 15 is 0 Å². The minimum absolute atomic E-state index is 0.381. The van der Waals surface area contributed by atoms with E-state index in [1.807, 2.05) is 24.4 Å².